The number of hydrogen-bond acceptors (Lipinski definition) is 5. The molecule has 3 aromatic rings. The lowest BCUT2D eigenvalue weighted by Gasteiger charge is -2.12. The minimum Gasteiger partial charge on any atom is -0.339 e. The van der Waals surface area contributed by atoms with E-state index in [2.05, 4.69) is 48.8 Å². The fraction of sp³-hybridized carbons (Fsp3) is 0.0667. The van der Waals surface area contributed by atoms with Gasteiger partial charge < -0.3 is 5.32 Å². The van der Waals surface area contributed by atoms with E-state index in [1.165, 1.54) is 0 Å². The second-order valence-corrected chi connectivity index (χ2v) is 5.49. The molecule has 0 atom stereocenters. The molecular weight excluding hydrogens is 330 g/mol. The van der Waals surface area contributed by atoms with Crippen molar-refractivity contribution in [3.05, 3.63) is 52.6 Å². The number of anilines is 3. The predicted octanol–water partition coefficient (Wildman–Crippen LogP) is 3.73. The third-order valence-electron chi connectivity index (χ3n) is 3.22. The zero-order chi connectivity index (χ0) is 14.8. The van der Waals surface area contributed by atoms with Crippen molar-refractivity contribution in [2.45, 2.75) is 6.92 Å². The summed E-state index contributed by atoms with van der Waals surface area (Å²) in [5.74, 6) is 6.47. The highest BCUT2D eigenvalue weighted by molar-refractivity contribution is 9.10. The summed E-state index contributed by atoms with van der Waals surface area (Å²) in [7, 11) is 0. The van der Waals surface area contributed by atoms with Gasteiger partial charge in [0.25, 0.3) is 0 Å². The molecule has 106 valence electrons. The van der Waals surface area contributed by atoms with Gasteiger partial charge in [0, 0.05) is 27.3 Å². The van der Waals surface area contributed by atoms with E-state index in [9.17, 15) is 0 Å². The molecule has 0 saturated carbocycles. The standard InChI is InChI=1S/C15H14BrN5/c1-9-8-18-15(21-17)20-14(9)19-13-7-6-12(16)10-4-2-3-5-11(10)13/h2-8H,17H2,1H3,(H2,18,19,20,21). The number of nitrogens with zero attached hydrogens (tertiary/aromatic N) is 2. The number of benzene rings is 2. The van der Waals surface area contributed by atoms with Crippen LogP contribution < -0.4 is 16.6 Å². The fourth-order valence-corrected chi connectivity index (χ4v) is 2.61. The summed E-state index contributed by atoms with van der Waals surface area (Å²) in [6.07, 6.45) is 1.73. The molecule has 0 aliphatic rings. The van der Waals surface area contributed by atoms with Gasteiger partial charge in [0.1, 0.15) is 5.82 Å². The minimum absolute atomic E-state index is 0.379. The molecule has 4 N–H and O–H groups in total. The van der Waals surface area contributed by atoms with Crippen LogP contribution in [0, 0.1) is 6.92 Å². The van der Waals surface area contributed by atoms with Crippen molar-refractivity contribution >= 4 is 44.2 Å². The Balaban J connectivity index is 2.08. The Bertz CT molecular complexity index is 803. The molecule has 0 bridgehead atoms. The van der Waals surface area contributed by atoms with Gasteiger partial charge in [-0.15, -0.1) is 0 Å². The van der Waals surface area contributed by atoms with Gasteiger partial charge in [-0.05, 0) is 24.4 Å². The Morgan fingerprint density at radius 1 is 1.10 bits per heavy atom. The van der Waals surface area contributed by atoms with Crippen molar-refractivity contribution in [3.63, 3.8) is 0 Å². The van der Waals surface area contributed by atoms with E-state index in [-0.39, 0.29) is 0 Å². The lowest BCUT2D eigenvalue weighted by atomic mass is 10.1. The Labute approximate surface area is 130 Å². The summed E-state index contributed by atoms with van der Waals surface area (Å²) in [6.45, 7) is 1.95. The smallest absolute Gasteiger partial charge is 0.239 e. The van der Waals surface area contributed by atoms with Gasteiger partial charge in [-0.25, -0.2) is 10.8 Å². The predicted molar refractivity (Wildman–Crippen MR) is 89.5 cm³/mol. The summed E-state index contributed by atoms with van der Waals surface area (Å²) in [4.78, 5) is 8.43. The van der Waals surface area contributed by atoms with Crippen LogP contribution in [0.15, 0.2) is 47.1 Å². The van der Waals surface area contributed by atoms with Gasteiger partial charge >= 0.3 is 0 Å². The number of nitrogens with one attached hydrogen (secondary N) is 2. The van der Waals surface area contributed by atoms with E-state index in [1.807, 2.05) is 31.2 Å². The Kier molecular flexibility index (Phi) is 3.72. The zero-order valence-electron chi connectivity index (χ0n) is 11.4. The summed E-state index contributed by atoms with van der Waals surface area (Å²) in [5, 5.41) is 5.61. The van der Waals surface area contributed by atoms with Crippen LogP contribution in [0.4, 0.5) is 17.5 Å². The van der Waals surface area contributed by atoms with Gasteiger partial charge in [0.15, 0.2) is 0 Å². The van der Waals surface area contributed by atoms with Crippen molar-refractivity contribution in [2.24, 2.45) is 5.84 Å². The highest BCUT2D eigenvalue weighted by Crippen LogP contribution is 2.32. The highest BCUT2D eigenvalue weighted by Gasteiger charge is 2.07. The number of rotatable bonds is 3. The van der Waals surface area contributed by atoms with Crippen LogP contribution in [0.1, 0.15) is 5.56 Å². The molecule has 21 heavy (non-hydrogen) atoms. The number of hydrazine groups is 1. The van der Waals surface area contributed by atoms with Gasteiger partial charge in [-0.1, -0.05) is 40.2 Å². The number of nitrogens with two attached hydrogens (primary N) is 1. The van der Waals surface area contributed by atoms with E-state index in [0.29, 0.717) is 5.95 Å². The van der Waals surface area contributed by atoms with Crippen LogP contribution >= 0.6 is 15.9 Å². The van der Waals surface area contributed by atoms with Gasteiger partial charge in [0.05, 0.1) is 0 Å². The molecule has 0 saturated heterocycles. The monoisotopic (exact) mass is 343 g/mol. The highest BCUT2D eigenvalue weighted by atomic mass is 79.9. The molecule has 0 spiro atoms. The molecule has 0 aliphatic carbocycles. The van der Waals surface area contributed by atoms with E-state index in [1.54, 1.807) is 6.20 Å². The lowest BCUT2D eigenvalue weighted by Crippen LogP contribution is -2.11. The van der Waals surface area contributed by atoms with Crippen molar-refractivity contribution in [1.29, 1.82) is 0 Å². The molecule has 0 unspecified atom stereocenters. The maximum Gasteiger partial charge on any atom is 0.239 e. The van der Waals surface area contributed by atoms with Gasteiger partial charge in [-0.3, -0.25) is 5.43 Å². The first kappa shape index (κ1) is 13.8. The van der Waals surface area contributed by atoms with Gasteiger partial charge in [0.2, 0.25) is 5.95 Å². The first-order valence-electron chi connectivity index (χ1n) is 6.43. The van der Waals surface area contributed by atoms with Gasteiger partial charge in [-0.2, -0.15) is 4.98 Å². The van der Waals surface area contributed by atoms with Crippen molar-refractivity contribution in [1.82, 2.24) is 9.97 Å². The van der Waals surface area contributed by atoms with Crippen LogP contribution in [0.5, 0.6) is 0 Å². The SMILES string of the molecule is Cc1cnc(NN)nc1Nc1ccc(Br)c2ccccc12. The summed E-state index contributed by atoms with van der Waals surface area (Å²) < 4.78 is 1.06. The van der Waals surface area contributed by atoms with Crippen molar-refractivity contribution in [2.75, 3.05) is 10.7 Å². The number of nitrogen functional groups attached to an aromatic ring is 1. The summed E-state index contributed by atoms with van der Waals surface area (Å²) >= 11 is 3.57. The minimum atomic E-state index is 0.379. The average molecular weight is 344 g/mol. The van der Waals surface area contributed by atoms with E-state index < -0.39 is 0 Å². The Morgan fingerprint density at radius 3 is 2.62 bits per heavy atom. The molecule has 1 heterocycles. The first-order chi connectivity index (χ1) is 10.2. The van der Waals surface area contributed by atoms with E-state index >= 15 is 0 Å². The third-order valence-corrected chi connectivity index (χ3v) is 3.92. The largest absolute Gasteiger partial charge is 0.339 e. The number of hydrogen-bond donors (Lipinski definition) is 3. The molecule has 0 fully saturated rings. The van der Waals surface area contributed by atoms with Crippen LogP contribution in [0.2, 0.25) is 0 Å². The van der Waals surface area contributed by atoms with Crippen LogP contribution in [0.3, 0.4) is 0 Å². The second-order valence-electron chi connectivity index (χ2n) is 4.64. The summed E-state index contributed by atoms with van der Waals surface area (Å²) in [5.41, 5.74) is 4.39. The topological polar surface area (TPSA) is 75.9 Å². The molecule has 0 amide bonds. The molecule has 6 heteroatoms. The Morgan fingerprint density at radius 2 is 1.86 bits per heavy atom. The second kappa shape index (κ2) is 5.67. The fourth-order valence-electron chi connectivity index (χ4n) is 2.14. The number of halogens is 1. The molecule has 0 aliphatic heterocycles. The Hall–Kier alpha value is -2.18. The number of fused-ring (bicyclic) bond motifs is 1. The van der Waals surface area contributed by atoms with Crippen LogP contribution in [-0.4, -0.2) is 9.97 Å². The quantitative estimate of drug-likeness (QED) is 0.499. The number of aromatic nitrogens is 2. The van der Waals surface area contributed by atoms with E-state index in [4.69, 9.17) is 5.84 Å². The zero-order valence-corrected chi connectivity index (χ0v) is 13.0. The van der Waals surface area contributed by atoms with Crippen LogP contribution in [-0.2, 0) is 0 Å². The molecule has 3 rings (SSSR count). The third kappa shape index (κ3) is 2.68. The molecule has 5 nitrogen and oxygen atoms in total. The molecule has 1 aromatic heterocycles. The van der Waals surface area contributed by atoms with Crippen LogP contribution in [0.25, 0.3) is 10.8 Å². The van der Waals surface area contributed by atoms with E-state index in [0.717, 1.165) is 32.3 Å². The maximum absolute atomic E-state index is 5.36. The lowest BCUT2D eigenvalue weighted by molar-refractivity contribution is 1.09. The molecule has 2 aromatic carbocycles. The maximum atomic E-state index is 5.36. The molecule has 0 radical (unpaired) electrons. The normalized spacial score (nSPS) is 10.6. The average Bonchev–Trinajstić information content (AvgIpc) is 2.52. The molecular formula is C15H14BrN5. The number of aryl methyl sites for hydroxylation is 1. The van der Waals surface area contributed by atoms with Crippen molar-refractivity contribution < 1.29 is 0 Å². The summed E-state index contributed by atoms with van der Waals surface area (Å²) in [6, 6.07) is 12.2. The van der Waals surface area contributed by atoms with Crippen molar-refractivity contribution in [3.8, 4) is 0 Å². The first-order valence-corrected chi connectivity index (χ1v) is 7.23.